The van der Waals surface area contributed by atoms with E-state index in [2.05, 4.69) is 15.6 Å². The molecule has 5 rings (SSSR count). The van der Waals surface area contributed by atoms with Gasteiger partial charge in [-0.25, -0.2) is 0 Å². The molecule has 0 radical (unpaired) electrons. The molecule has 2 heterocycles. The molecule has 8 heteroatoms. The third kappa shape index (κ3) is 5.05. The van der Waals surface area contributed by atoms with E-state index in [0.29, 0.717) is 29.4 Å². The molecule has 2 atom stereocenters. The second-order valence-electron chi connectivity index (χ2n) is 8.51. The van der Waals surface area contributed by atoms with Crippen LogP contribution in [0.1, 0.15) is 46.2 Å². The number of carbonyl (C=O) groups is 1. The Morgan fingerprint density at radius 2 is 1.72 bits per heavy atom. The predicted octanol–water partition coefficient (Wildman–Crippen LogP) is 4.59. The molecule has 0 bridgehead atoms. The maximum atomic E-state index is 13.5. The van der Waals surface area contributed by atoms with Gasteiger partial charge in [0.15, 0.2) is 5.82 Å². The first-order valence-corrected chi connectivity index (χ1v) is 11.7. The highest BCUT2D eigenvalue weighted by molar-refractivity contribution is 5.96. The van der Waals surface area contributed by atoms with Crippen LogP contribution in [0.25, 0.3) is 11.1 Å². The smallest absolute Gasteiger partial charge is 0.258 e. The van der Waals surface area contributed by atoms with Crippen LogP contribution in [0.4, 0.5) is 0 Å². The lowest BCUT2D eigenvalue weighted by molar-refractivity contribution is 0.0777. The van der Waals surface area contributed by atoms with Crippen molar-refractivity contribution in [1.29, 1.82) is 0 Å². The number of amides is 1. The minimum Gasteiger partial charge on any atom is -0.388 e. The van der Waals surface area contributed by atoms with Crippen molar-refractivity contribution in [2.75, 3.05) is 7.11 Å². The largest absolute Gasteiger partial charge is 0.388 e. The summed E-state index contributed by atoms with van der Waals surface area (Å²) < 4.78 is 5.43. The van der Waals surface area contributed by atoms with Gasteiger partial charge in [-0.3, -0.25) is 15.1 Å². The van der Waals surface area contributed by atoms with Crippen LogP contribution < -0.4 is 5.48 Å². The summed E-state index contributed by atoms with van der Waals surface area (Å²) in [6.45, 7) is 0. The van der Waals surface area contributed by atoms with Gasteiger partial charge in [0.05, 0.1) is 25.3 Å². The number of aromatic nitrogens is 2. The van der Waals surface area contributed by atoms with Crippen LogP contribution in [-0.4, -0.2) is 33.2 Å². The van der Waals surface area contributed by atoms with Gasteiger partial charge in [-0.05, 0) is 28.8 Å². The maximum Gasteiger partial charge on any atom is 0.258 e. The second-order valence-corrected chi connectivity index (χ2v) is 8.51. The number of rotatable bonds is 8. The van der Waals surface area contributed by atoms with Gasteiger partial charge in [0, 0.05) is 18.2 Å². The molecular formula is C28H26N4O4. The maximum absolute atomic E-state index is 13.5. The Bertz CT molecular complexity index is 1340. The van der Waals surface area contributed by atoms with Crippen molar-refractivity contribution in [3.8, 4) is 11.1 Å². The van der Waals surface area contributed by atoms with Crippen molar-refractivity contribution in [2.45, 2.75) is 25.0 Å². The fourth-order valence-electron chi connectivity index (χ4n) is 4.26. The lowest BCUT2D eigenvalue weighted by Gasteiger charge is -2.21. The molecule has 1 aliphatic heterocycles. The van der Waals surface area contributed by atoms with E-state index in [9.17, 15) is 9.90 Å². The van der Waals surface area contributed by atoms with Crippen LogP contribution in [0.5, 0.6) is 0 Å². The van der Waals surface area contributed by atoms with Gasteiger partial charge < -0.3 is 14.5 Å². The second kappa shape index (κ2) is 10.6. The summed E-state index contributed by atoms with van der Waals surface area (Å²) >= 11 is 0. The highest BCUT2D eigenvalue weighted by Gasteiger charge is 2.35. The molecule has 0 aliphatic carbocycles. The summed E-state index contributed by atoms with van der Waals surface area (Å²) in [4.78, 5) is 24.6. The van der Waals surface area contributed by atoms with E-state index in [1.165, 1.54) is 7.11 Å². The molecular weight excluding hydrogens is 456 g/mol. The molecule has 0 saturated carbocycles. The standard InChI is InChI=1S/C28H26N4O4/c1-35-30-23-16-24(27-29-26(36-31-27)17-25(33)21-10-6-3-7-11-21)32(18-23)28(34)22-14-12-20(13-15-22)19-8-4-2-5-9-19/h2-15,18,24-25,30,33H,16-17H2,1H3/t24?,25-/m0/s1. The first kappa shape index (κ1) is 23.5. The van der Waals surface area contributed by atoms with Crippen LogP contribution in [0.3, 0.4) is 0 Å². The normalized spacial score (nSPS) is 16.0. The topological polar surface area (TPSA) is 101 Å². The molecule has 1 amide bonds. The molecule has 182 valence electrons. The zero-order valence-electron chi connectivity index (χ0n) is 19.7. The molecule has 0 spiro atoms. The first-order valence-electron chi connectivity index (χ1n) is 11.7. The summed E-state index contributed by atoms with van der Waals surface area (Å²) in [7, 11) is 1.51. The number of benzene rings is 3. The molecule has 36 heavy (non-hydrogen) atoms. The van der Waals surface area contributed by atoms with Crippen molar-refractivity contribution >= 4 is 5.91 Å². The van der Waals surface area contributed by atoms with Gasteiger partial charge in [-0.15, -0.1) is 0 Å². The Morgan fingerprint density at radius 3 is 2.42 bits per heavy atom. The van der Waals surface area contributed by atoms with E-state index in [1.807, 2.05) is 84.9 Å². The van der Waals surface area contributed by atoms with Gasteiger partial charge >= 0.3 is 0 Å². The van der Waals surface area contributed by atoms with Crippen LogP contribution in [0.2, 0.25) is 0 Å². The number of carbonyl (C=O) groups excluding carboxylic acids is 1. The Kier molecular flexibility index (Phi) is 6.88. The summed E-state index contributed by atoms with van der Waals surface area (Å²) in [5, 5.41) is 14.7. The monoisotopic (exact) mass is 482 g/mol. The summed E-state index contributed by atoms with van der Waals surface area (Å²) in [6, 6.07) is 26.3. The zero-order valence-corrected chi connectivity index (χ0v) is 19.7. The van der Waals surface area contributed by atoms with Crippen molar-refractivity contribution in [1.82, 2.24) is 20.5 Å². The third-order valence-electron chi connectivity index (χ3n) is 6.08. The van der Waals surface area contributed by atoms with Crippen molar-refractivity contribution in [3.05, 3.63) is 120 Å². The molecule has 1 aliphatic rings. The van der Waals surface area contributed by atoms with Crippen LogP contribution in [0, 0.1) is 0 Å². The van der Waals surface area contributed by atoms with Crippen LogP contribution in [0.15, 0.2) is 101 Å². The fraction of sp³-hybridized carbons (Fsp3) is 0.179. The van der Waals surface area contributed by atoms with Gasteiger partial charge in [0.25, 0.3) is 5.91 Å². The Hall–Kier alpha value is -4.27. The fourth-order valence-corrected chi connectivity index (χ4v) is 4.26. The van der Waals surface area contributed by atoms with Crippen LogP contribution >= 0.6 is 0 Å². The van der Waals surface area contributed by atoms with Gasteiger partial charge in [0.2, 0.25) is 5.89 Å². The van der Waals surface area contributed by atoms with E-state index >= 15 is 0 Å². The summed E-state index contributed by atoms with van der Waals surface area (Å²) in [6.07, 6.45) is 1.54. The molecule has 2 N–H and O–H groups in total. The Labute approximate surface area is 208 Å². The molecule has 3 aromatic carbocycles. The SMILES string of the molecule is CONC1=CN(C(=O)c2ccc(-c3ccccc3)cc2)C(c2noc(C[C@H](O)c3ccccc3)n2)C1. The average molecular weight is 483 g/mol. The molecule has 0 saturated heterocycles. The quantitative estimate of drug-likeness (QED) is 0.354. The predicted molar refractivity (Wildman–Crippen MR) is 133 cm³/mol. The molecule has 8 nitrogen and oxygen atoms in total. The Balaban J connectivity index is 1.35. The van der Waals surface area contributed by atoms with E-state index < -0.39 is 12.1 Å². The lowest BCUT2D eigenvalue weighted by Crippen LogP contribution is -2.28. The first-order chi connectivity index (χ1) is 17.6. The third-order valence-corrected chi connectivity index (χ3v) is 6.08. The Morgan fingerprint density at radius 1 is 1.06 bits per heavy atom. The lowest BCUT2D eigenvalue weighted by atomic mass is 10.0. The summed E-state index contributed by atoms with van der Waals surface area (Å²) in [5.74, 6) is 0.473. The minimum atomic E-state index is -0.771. The van der Waals surface area contributed by atoms with E-state index in [-0.39, 0.29) is 12.3 Å². The summed E-state index contributed by atoms with van der Waals surface area (Å²) in [5.41, 5.74) is 6.95. The number of nitrogens with zero attached hydrogens (tertiary/aromatic N) is 3. The highest BCUT2D eigenvalue weighted by Crippen LogP contribution is 2.34. The molecule has 0 fully saturated rings. The van der Waals surface area contributed by atoms with Crippen LogP contribution in [-0.2, 0) is 11.3 Å². The molecule has 4 aromatic rings. The highest BCUT2D eigenvalue weighted by atomic mass is 16.6. The number of aliphatic hydroxyl groups excluding tert-OH is 1. The zero-order chi connectivity index (χ0) is 24.9. The number of hydrogen-bond acceptors (Lipinski definition) is 7. The number of hydrogen-bond donors (Lipinski definition) is 2. The number of aliphatic hydroxyl groups is 1. The van der Waals surface area contributed by atoms with Crippen molar-refractivity contribution in [3.63, 3.8) is 0 Å². The average Bonchev–Trinajstić information content (AvgIpc) is 3.57. The van der Waals surface area contributed by atoms with Crippen molar-refractivity contribution < 1.29 is 19.3 Å². The van der Waals surface area contributed by atoms with E-state index in [0.717, 1.165) is 16.7 Å². The van der Waals surface area contributed by atoms with Gasteiger partial charge in [0.1, 0.15) is 6.04 Å². The van der Waals surface area contributed by atoms with Gasteiger partial charge in [-0.1, -0.05) is 78.0 Å². The minimum absolute atomic E-state index is 0.176. The van der Waals surface area contributed by atoms with Gasteiger partial charge in [-0.2, -0.15) is 4.98 Å². The number of hydroxylamine groups is 1. The number of nitrogens with one attached hydrogen (secondary N) is 1. The molecule has 1 unspecified atom stereocenters. The molecule has 1 aromatic heterocycles. The van der Waals surface area contributed by atoms with E-state index in [4.69, 9.17) is 9.36 Å². The van der Waals surface area contributed by atoms with E-state index in [1.54, 1.807) is 11.1 Å². The van der Waals surface area contributed by atoms with Crippen molar-refractivity contribution in [2.24, 2.45) is 0 Å².